The molecule has 0 spiro atoms. The van der Waals surface area contributed by atoms with Gasteiger partial charge in [-0.1, -0.05) is 105 Å². The van der Waals surface area contributed by atoms with Gasteiger partial charge >= 0.3 is 0 Å². The first kappa shape index (κ1) is 25.0. The lowest BCUT2D eigenvalue weighted by molar-refractivity contribution is 0.118. The van der Waals surface area contributed by atoms with Crippen molar-refractivity contribution in [2.75, 3.05) is 13.2 Å². The predicted octanol–water partition coefficient (Wildman–Crippen LogP) is 8.56. The zero-order valence-electron chi connectivity index (χ0n) is 18.3. The standard InChI is InChI=1S/C24H50O/c1-5-9-11-17-23(15-7-3)19-13-21-25-22-14-20-24(16-8-4)18-12-10-6-2/h23-24H,5-22H2,1-4H3. The van der Waals surface area contributed by atoms with Crippen LogP contribution in [0.3, 0.4) is 0 Å². The summed E-state index contributed by atoms with van der Waals surface area (Å²) >= 11 is 0. The second-order valence-corrected chi connectivity index (χ2v) is 8.20. The highest BCUT2D eigenvalue weighted by atomic mass is 16.5. The van der Waals surface area contributed by atoms with Gasteiger partial charge in [-0.15, -0.1) is 0 Å². The van der Waals surface area contributed by atoms with E-state index in [1.165, 1.54) is 103 Å². The Morgan fingerprint density at radius 3 is 1.20 bits per heavy atom. The second-order valence-electron chi connectivity index (χ2n) is 8.20. The van der Waals surface area contributed by atoms with E-state index >= 15 is 0 Å². The smallest absolute Gasteiger partial charge is 0.0466 e. The van der Waals surface area contributed by atoms with Crippen molar-refractivity contribution in [2.45, 2.75) is 130 Å². The Labute approximate surface area is 160 Å². The lowest BCUT2D eigenvalue weighted by atomic mass is 9.92. The third-order valence-electron chi connectivity index (χ3n) is 5.63. The molecule has 0 rings (SSSR count). The molecular weight excluding hydrogens is 304 g/mol. The van der Waals surface area contributed by atoms with Crippen LogP contribution in [0.4, 0.5) is 0 Å². The van der Waals surface area contributed by atoms with Gasteiger partial charge in [-0.2, -0.15) is 0 Å². The van der Waals surface area contributed by atoms with E-state index < -0.39 is 0 Å². The van der Waals surface area contributed by atoms with Crippen LogP contribution in [0.5, 0.6) is 0 Å². The molecule has 0 saturated heterocycles. The van der Waals surface area contributed by atoms with Crippen LogP contribution in [0, 0.1) is 11.8 Å². The molecule has 0 amide bonds. The second kappa shape index (κ2) is 20.3. The summed E-state index contributed by atoms with van der Waals surface area (Å²) in [6.07, 6.45) is 22.1. The van der Waals surface area contributed by atoms with Gasteiger partial charge in [0.25, 0.3) is 0 Å². The van der Waals surface area contributed by atoms with Gasteiger partial charge in [-0.3, -0.25) is 0 Å². The average Bonchev–Trinajstić information content (AvgIpc) is 2.61. The first-order chi connectivity index (χ1) is 12.3. The molecule has 0 saturated carbocycles. The number of hydrogen-bond acceptors (Lipinski definition) is 1. The summed E-state index contributed by atoms with van der Waals surface area (Å²) in [6, 6.07) is 0. The third kappa shape index (κ3) is 17.1. The van der Waals surface area contributed by atoms with Gasteiger partial charge in [0.15, 0.2) is 0 Å². The molecule has 0 bridgehead atoms. The van der Waals surface area contributed by atoms with Crippen molar-refractivity contribution < 1.29 is 4.74 Å². The number of unbranched alkanes of at least 4 members (excludes halogenated alkanes) is 4. The molecule has 0 radical (unpaired) electrons. The van der Waals surface area contributed by atoms with Crippen LogP contribution in [-0.2, 0) is 4.74 Å². The maximum Gasteiger partial charge on any atom is 0.0466 e. The average molecular weight is 355 g/mol. The number of ether oxygens (including phenoxy) is 1. The van der Waals surface area contributed by atoms with Crippen molar-refractivity contribution in [1.29, 1.82) is 0 Å². The van der Waals surface area contributed by atoms with Crippen molar-refractivity contribution in [1.82, 2.24) is 0 Å². The predicted molar refractivity (Wildman–Crippen MR) is 114 cm³/mol. The van der Waals surface area contributed by atoms with E-state index in [2.05, 4.69) is 27.7 Å². The summed E-state index contributed by atoms with van der Waals surface area (Å²) in [4.78, 5) is 0. The molecule has 0 aromatic heterocycles. The number of hydrogen-bond donors (Lipinski definition) is 0. The zero-order valence-corrected chi connectivity index (χ0v) is 18.3. The maximum atomic E-state index is 5.94. The molecule has 25 heavy (non-hydrogen) atoms. The topological polar surface area (TPSA) is 9.23 Å². The SMILES string of the molecule is CCCCCC(CCC)CCCOCCCC(CCC)CCCCC. The molecule has 0 aromatic rings. The Morgan fingerprint density at radius 1 is 0.440 bits per heavy atom. The van der Waals surface area contributed by atoms with Gasteiger partial charge in [0, 0.05) is 13.2 Å². The molecule has 2 atom stereocenters. The molecule has 0 aliphatic heterocycles. The molecule has 0 aliphatic rings. The van der Waals surface area contributed by atoms with Gasteiger partial charge in [0.1, 0.15) is 0 Å². The van der Waals surface area contributed by atoms with Crippen molar-refractivity contribution in [3.05, 3.63) is 0 Å². The van der Waals surface area contributed by atoms with Gasteiger partial charge in [0.05, 0.1) is 0 Å². The van der Waals surface area contributed by atoms with Crippen molar-refractivity contribution in [2.24, 2.45) is 11.8 Å². The molecule has 0 heterocycles. The van der Waals surface area contributed by atoms with Crippen LogP contribution in [0.1, 0.15) is 130 Å². The molecule has 1 nitrogen and oxygen atoms in total. The first-order valence-electron chi connectivity index (χ1n) is 11.9. The summed E-state index contributed by atoms with van der Waals surface area (Å²) in [7, 11) is 0. The molecule has 2 unspecified atom stereocenters. The van der Waals surface area contributed by atoms with Crippen LogP contribution < -0.4 is 0 Å². The van der Waals surface area contributed by atoms with Crippen molar-refractivity contribution in [3.63, 3.8) is 0 Å². The fourth-order valence-corrected chi connectivity index (χ4v) is 4.10. The van der Waals surface area contributed by atoms with E-state index in [0.29, 0.717) is 0 Å². The molecular formula is C24H50O. The molecule has 0 aliphatic carbocycles. The molecule has 0 fully saturated rings. The number of rotatable bonds is 20. The van der Waals surface area contributed by atoms with Gasteiger partial charge in [-0.05, 0) is 37.5 Å². The zero-order chi connectivity index (χ0) is 18.6. The lowest BCUT2D eigenvalue weighted by Crippen LogP contribution is -2.06. The van der Waals surface area contributed by atoms with Crippen LogP contribution >= 0.6 is 0 Å². The van der Waals surface area contributed by atoms with Gasteiger partial charge < -0.3 is 4.74 Å². The van der Waals surface area contributed by atoms with E-state index in [1.54, 1.807) is 0 Å². The van der Waals surface area contributed by atoms with E-state index in [4.69, 9.17) is 4.74 Å². The summed E-state index contributed by atoms with van der Waals surface area (Å²) in [5, 5.41) is 0. The minimum absolute atomic E-state index is 0.952. The first-order valence-corrected chi connectivity index (χ1v) is 11.9. The highest BCUT2D eigenvalue weighted by Crippen LogP contribution is 2.22. The van der Waals surface area contributed by atoms with Gasteiger partial charge in [-0.25, -0.2) is 0 Å². The Morgan fingerprint density at radius 2 is 0.840 bits per heavy atom. The Kier molecular flexibility index (Phi) is 20.2. The third-order valence-corrected chi connectivity index (χ3v) is 5.63. The molecule has 1 heteroatoms. The summed E-state index contributed by atoms with van der Waals surface area (Å²) in [5.41, 5.74) is 0. The maximum absolute atomic E-state index is 5.94. The van der Waals surface area contributed by atoms with E-state index in [1.807, 2.05) is 0 Å². The molecule has 0 aromatic carbocycles. The van der Waals surface area contributed by atoms with Gasteiger partial charge in [0.2, 0.25) is 0 Å². The largest absolute Gasteiger partial charge is 0.381 e. The Hall–Kier alpha value is -0.0400. The molecule has 0 N–H and O–H groups in total. The van der Waals surface area contributed by atoms with Crippen LogP contribution in [0.2, 0.25) is 0 Å². The quantitative estimate of drug-likeness (QED) is 0.199. The summed E-state index contributed by atoms with van der Waals surface area (Å²) in [6.45, 7) is 11.2. The minimum Gasteiger partial charge on any atom is -0.381 e. The monoisotopic (exact) mass is 354 g/mol. The van der Waals surface area contributed by atoms with Crippen LogP contribution in [-0.4, -0.2) is 13.2 Å². The molecule has 152 valence electrons. The fraction of sp³-hybridized carbons (Fsp3) is 1.00. The Balaban J connectivity index is 3.63. The highest BCUT2D eigenvalue weighted by Gasteiger charge is 2.09. The fourth-order valence-electron chi connectivity index (χ4n) is 4.10. The van der Waals surface area contributed by atoms with Crippen molar-refractivity contribution in [3.8, 4) is 0 Å². The normalized spacial score (nSPS) is 13.9. The van der Waals surface area contributed by atoms with Crippen LogP contribution in [0.15, 0.2) is 0 Å². The highest BCUT2D eigenvalue weighted by molar-refractivity contribution is 4.61. The van der Waals surface area contributed by atoms with Crippen LogP contribution in [0.25, 0.3) is 0 Å². The summed E-state index contributed by atoms with van der Waals surface area (Å²) < 4.78 is 5.94. The minimum atomic E-state index is 0.952. The van der Waals surface area contributed by atoms with E-state index in [-0.39, 0.29) is 0 Å². The Bertz CT molecular complexity index is 214. The van der Waals surface area contributed by atoms with E-state index in [0.717, 1.165) is 25.0 Å². The van der Waals surface area contributed by atoms with E-state index in [9.17, 15) is 0 Å². The van der Waals surface area contributed by atoms with Crippen molar-refractivity contribution >= 4 is 0 Å². The lowest BCUT2D eigenvalue weighted by Gasteiger charge is -2.17. The summed E-state index contributed by atoms with van der Waals surface area (Å²) in [5.74, 6) is 1.90.